The molecule has 2 atom stereocenters. The normalized spacial score (nSPS) is 30.1. The fraction of sp³-hybridized carbons (Fsp3) is 0.583. The number of hydrogen-bond acceptors (Lipinski definition) is 3. The first-order valence-electron chi connectivity index (χ1n) is 5.63. The van der Waals surface area contributed by atoms with Crippen molar-refractivity contribution in [1.82, 2.24) is 9.88 Å². The Labute approximate surface area is 90.7 Å². The van der Waals surface area contributed by atoms with Gasteiger partial charge < -0.3 is 4.90 Å². The monoisotopic (exact) mass is 203 g/mol. The van der Waals surface area contributed by atoms with Crippen LogP contribution in [0.3, 0.4) is 0 Å². The zero-order valence-electron chi connectivity index (χ0n) is 9.35. The number of fused-ring (bicyclic) bond motifs is 2. The predicted octanol–water partition coefficient (Wildman–Crippen LogP) is 1.28. The van der Waals surface area contributed by atoms with Crippen molar-refractivity contribution >= 4 is 5.82 Å². The molecule has 3 rings (SSSR count). The van der Waals surface area contributed by atoms with Gasteiger partial charge in [-0.2, -0.15) is 0 Å². The summed E-state index contributed by atoms with van der Waals surface area (Å²) in [6.07, 6.45) is 3.27. The van der Waals surface area contributed by atoms with Crippen molar-refractivity contribution in [2.45, 2.75) is 25.4 Å². The smallest absolute Gasteiger partial charge is 0.128 e. The molecule has 80 valence electrons. The van der Waals surface area contributed by atoms with Crippen molar-refractivity contribution in [3.8, 4) is 0 Å². The minimum absolute atomic E-state index is 0.690. The SMILES string of the molecule is Cc1ccc(N2CC3CC2CN3C)nc1. The van der Waals surface area contributed by atoms with Gasteiger partial charge in [0.1, 0.15) is 5.82 Å². The van der Waals surface area contributed by atoms with Gasteiger partial charge in [-0.15, -0.1) is 0 Å². The van der Waals surface area contributed by atoms with Crippen molar-refractivity contribution in [1.29, 1.82) is 0 Å². The molecule has 0 aliphatic carbocycles. The molecule has 0 amide bonds. The van der Waals surface area contributed by atoms with Crippen LogP contribution >= 0.6 is 0 Å². The topological polar surface area (TPSA) is 19.4 Å². The van der Waals surface area contributed by atoms with E-state index in [1.165, 1.54) is 18.5 Å². The first kappa shape index (κ1) is 9.16. The number of aryl methyl sites for hydroxylation is 1. The second-order valence-corrected chi connectivity index (χ2v) is 4.83. The summed E-state index contributed by atoms with van der Waals surface area (Å²) < 4.78 is 0. The average Bonchev–Trinajstić information content (AvgIpc) is 2.77. The summed E-state index contributed by atoms with van der Waals surface area (Å²) in [5, 5.41) is 0. The number of rotatable bonds is 1. The van der Waals surface area contributed by atoms with Gasteiger partial charge in [0.25, 0.3) is 0 Å². The Morgan fingerprint density at radius 1 is 1.27 bits per heavy atom. The number of nitrogens with zero attached hydrogens (tertiary/aromatic N) is 3. The molecule has 2 aliphatic heterocycles. The van der Waals surface area contributed by atoms with E-state index in [9.17, 15) is 0 Å². The van der Waals surface area contributed by atoms with Gasteiger partial charge >= 0.3 is 0 Å². The Morgan fingerprint density at radius 3 is 2.67 bits per heavy atom. The van der Waals surface area contributed by atoms with E-state index in [0.29, 0.717) is 6.04 Å². The van der Waals surface area contributed by atoms with Crippen molar-refractivity contribution < 1.29 is 0 Å². The predicted molar refractivity (Wildman–Crippen MR) is 61.1 cm³/mol. The van der Waals surface area contributed by atoms with E-state index in [-0.39, 0.29) is 0 Å². The lowest BCUT2D eigenvalue weighted by Crippen LogP contribution is -2.44. The highest BCUT2D eigenvalue weighted by Crippen LogP contribution is 2.32. The second-order valence-electron chi connectivity index (χ2n) is 4.83. The number of aromatic nitrogens is 1. The largest absolute Gasteiger partial charge is 0.351 e. The van der Waals surface area contributed by atoms with Gasteiger partial charge in [0.15, 0.2) is 0 Å². The first-order valence-corrected chi connectivity index (χ1v) is 5.63. The summed E-state index contributed by atoms with van der Waals surface area (Å²) in [5.74, 6) is 1.15. The molecule has 2 aliphatic rings. The molecule has 1 aromatic heterocycles. The summed E-state index contributed by atoms with van der Waals surface area (Å²) in [6, 6.07) is 5.74. The van der Waals surface area contributed by atoms with Gasteiger partial charge in [0.05, 0.1) is 0 Å². The molecule has 0 radical (unpaired) electrons. The van der Waals surface area contributed by atoms with Crippen molar-refractivity contribution in [2.24, 2.45) is 0 Å². The fourth-order valence-corrected chi connectivity index (χ4v) is 2.78. The van der Waals surface area contributed by atoms with Gasteiger partial charge in [0, 0.05) is 31.4 Å². The Kier molecular flexibility index (Phi) is 1.96. The molecule has 3 heterocycles. The summed E-state index contributed by atoms with van der Waals surface area (Å²) in [6.45, 7) is 4.43. The van der Waals surface area contributed by atoms with Gasteiger partial charge in [-0.1, -0.05) is 6.07 Å². The molecule has 0 saturated carbocycles. The van der Waals surface area contributed by atoms with Gasteiger partial charge in [0.2, 0.25) is 0 Å². The van der Waals surface area contributed by atoms with Crippen LogP contribution in [0.5, 0.6) is 0 Å². The fourth-order valence-electron chi connectivity index (χ4n) is 2.78. The zero-order chi connectivity index (χ0) is 10.4. The van der Waals surface area contributed by atoms with E-state index >= 15 is 0 Å². The summed E-state index contributed by atoms with van der Waals surface area (Å²) >= 11 is 0. The minimum Gasteiger partial charge on any atom is -0.351 e. The van der Waals surface area contributed by atoms with Crippen LogP contribution in [0, 0.1) is 6.92 Å². The molecular weight excluding hydrogens is 186 g/mol. The van der Waals surface area contributed by atoms with Crippen molar-refractivity contribution in [2.75, 3.05) is 25.0 Å². The summed E-state index contributed by atoms with van der Waals surface area (Å²) in [7, 11) is 2.23. The van der Waals surface area contributed by atoms with Crippen LogP contribution in [0.25, 0.3) is 0 Å². The number of pyridine rings is 1. The van der Waals surface area contributed by atoms with Crippen LogP contribution in [-0.4, -0.2) is 42.1 Å². The molecule has 2 unspecified atom stereocenters. The van der Waals surface area contributed by atoms with E-state index in [0.717, 1.165) is 18.4 Å². The molecule has 3 nitrogen and oxygen atoms in total. The van der Waals surface area contributed by atoms with E-state index in [2.05, 4.69) is 40.9 Å². The summed E-state index contributed by atoms with van der Waals surface area (Å²) in [5.41, 5.74) is 1.24. The average molecular weight is 203 g/mol. The molecule has 0 aromatic carbocycles. The highest BCUT2D eigenvalue weighted by molar-refractivity contribution is 5.43. The third kappa shape index (κ3) is 1.42. The van der Waals surface area contributed by atoms with Crippen LogP contribution in [0.2, 0.25) is 0 Å². The van der Waals surface area contributed by atoms with Crippen LogP contribution in [-0.2, 0) is 0 Å². The number of likely N-dealkylation sites (tertiary alicyclic amines) is 1. The second kappa shape index (κ2) is 3.20. The van der Waals surface area contributed by atoms with E-state index in [1.54, 1.807) is 0 Å². The van der Waals surface area contributed by atoms with Crippen LogP contribution in [0.15, 0.2) is 18.3 Å². The molecule has 2 bridgehead atoms. The lowest BCUT2D eigenvalue weighted by molar-refractivity contribution is 0.292. The number of likely N-dealkylation sites (N-methyl/N-ethyl adjacent to an activating group) is 1. The zero-order valence-corrected chi connectivity index (χ0v) is 9.35. The molecular formula is C12H17N3. The maximum Gasteiger partial charge on any atom is 0.128 e. The van der Waals surface area contributed by atoms with E-state index < -0.39 is 0 Å². The van der Waals surface area contributed by atoms with Crippen LogP contribution in [0.4, 0.5) is 5.82 Å². The van der Waals surface area contributed by atoms with Crippen LogP contribution < -0.4 is 4.90 Å². The summed E-state index contributed by atoms with van der Waals surface area (Å²) in [4.78, 5) is 9.44. The maximum atomic E-state index is 4.51. The minimum atomic E-state index is 0.690. The quantitative estimate of drug-likeness (QED) is 0.685. The highest BCUT2D eigenvalue weighted by Gasteiger charge is 2.41. The lowest BCUT2D eigenvalue weighted by atomic mass is 10.2. The van der Waals surface area contributed by atoms with Crippen molar-refractivity contribution in [3.63, 3.8) is 0 Å². The molecule has 1 aromatic rings. The van der Waals surface area contributed by atoms with E-state index in [1.807, 2.05) is 6.20 Å². The molecule has 3 heteroatoms. The Bertz CT molecular complexity index is 358. The van der Waals surface area contributed by atoms with Crippen LogP contribution in [0.1, 0.15) is 12.0 Å². The number of hydrogen-bond donors (Lipinski definition) is 0. The molecule has 15 heavy (non-hydrogen) atoms. The van der Waals surface area contributed by atoms with E-state index in [4.69, 9.17) is 0 Å². The first-order chi connectivity index (χ1) is 7.24. The third-order valence-corrected chi connectivity index (χ3v) is 3.70. The van der Waals surface area contributed by atoms with Gasteiger partial charge in [-0.3, -0.25) is 4.90 Å². The Morgan fingerprint density at radius 2 is 2.13 bits per heavy atom. The Balaban J connectivity index is 1.83. The molecule has 0 N–H and O–H groups in total. The highest BCUT2D eigenvalue weighted by atomic mass is 15.4. The van der Waals surface area contributed by atoms with Gasteiger partial charge in [-0.05, 0) is 32.0 Å². The maximum absolute atomic E-state index is 4.51. The standard InChI is InChI=1S/C12H17N3/c1-9-3-4-12(13-6-9)15-8-10-5-11(15)7-14(10)2/h3-4,6,10-11H,5,7-8H2,1-2H3. The van der Waals surface area contributed by atoms with Crippen molar-refractivity contribution in [3.05, 3.63) is 23.9 Å². The van der Waals surface area contributed by atoms with Gasteiger partial charge in [-0.25, -0.2) is 4.98 Å². The molecule has 2 saturated heterocycles. The Hall–Kier alpha value is -1.09. The third-order valence-electron chi connectivity index (χ3n) is 3.70. The molecule has 0 spiro atoms. The lowest BCUT2D eigenvalue weighted by Gasteiger charge is -2.32. The number of piperazine rings is 1. The molecule has 2 fully saturated rings. The number of anilines is 1.